The third-order valence-corrected chi connectivity index (χ3v) is 4.39. The Labute approximate surface area is 113 Å². The Balaban J connectivity index is 2.44. The number of aromatic carboxylic acids is 1. The van der Waals surface area contributed by atoms with E-state index in [9.17, 15) is 9.90 Å². The fraction of sp³-hybridized carbons (Fsp3) is 0.231. The molecule has 18 heavy (non-hydrogen) atoms. The molecule has 0 fully saturated rings. The zero-order valence-electron chi connectivity index (χ0n) is 9.44. The van der Waals surface area contributed by atoms with E-state index in [0.29, 0.717) is 27.2 Å². The molecular weight excluding hydrogens is 270 g/mol. The fourth-order valence-electron chi connectivity index (χ4n) is 2.29. The van der Waals surface area contributed by atoms with Crippen LogP contribution in [0.25, 0.3) is 10.9 Å². The summed E-state index contributed by atoms with van der Waals surface area (Å²) in [6.45, 7) is 0. The molecule has 0 radical (unpaired) electrons. The highest BCUT2D eigenvalue weighted by atomic mass is 35.5. The number of para-hydroxylation sites is 1. The lowest BCUT2D eigenvalue weighted by atomic mass is 10.00. The molecule has 1 aliphatic heterocycles. The van der Waals surface area contributed by atoms with Crippen molar-refractivity contribution < 1.29 is 9.90 Å². The number of hydrogen-bond donors (Lipinski definition) is 1. The second kappa shape index (κ2) is 4.44. The Bertz CT molecular complexity index is 657. The number of rotatable bonds is 1. The molecule has 1 aromatic carbocycles. The summed E-state index contributed by atoms with van der Waals surface area (Å²) in [6.07, 6.45) is 0.807. The number of aryl methyl sites for hydroxylation is 1. The molecule has 0 atom stereocenters. The predicted molar refractivity (Wildman–Crippen MR) is 73.6 cm³/mol. The second-order valence-corrected chi connectivity index (χ2v) is 5.67. The van der Waals surface area contributed by atoms with Gasteiger partial charge in [0, 0.05) is 16.8 Å². The van der Waals surface area contributed by atoms with Crippen LogP contribution in [0.2, 0.25) is 5.02 Å². The number of carbonyl (C=O) groups is 1. The normalized spacial score (nSPS) is 14.5. The highest BCUT2D eigenvalue weighted by molar-refractivity contribution is 7.98. The van der Waals surface area contributed by atoms with Gasteiger partial charge in [-0.1, -0.05) is 23.7 Å². The van der Waals surface area contributed by atoms with Crippen molar-refractivity contribution in [3.05, 3.63) is 40.0 Å². The Morgan fingerprint density at radius 3 is 3.06 bits per heavy atom. The zero-order chi connectivity index (χ0) is 12.7. The minimum atomic E-state index is -0.900. The van der Waals surface area contributed by atoms with Crippen molar-refractivity contribution in [2.45, 2.75) is 12.2 Å². The highest BCUT2D eigenvalue weighted by Gasteiger charge is 2.23. The molecule has 0 spiro atoms. The van der Waals surface area contributed by atoms with Crippen molar-refractivity contribution in [3.8, 4) is 0 Å². The fourth-order valence-corrected chi connectivity index (χ4v) is 3.50. The van der Waals surface area contributed by atoms with E-state index >= 15 is 0 Å². The number of pyridine rings is 1. The molecule has 1 aromatic heterocycles. The number of hydrogen-bond acceptors (Lipinski definition) is 3. The molecule has 2 aromatic rings. The lowest BCUT2D eigenvalue weighted by Crippen LogP contribution is -2.13. The SMILES string of the molecule is O=C(O)c1c2c(nc3c(Cl)cccc13)CCSC2. The van der Waals surface area contributed by atoms with E-state index in [2.05, 4.69) is 4.98 Å². The molecule has 92 valence electrons. The molecule has 5 heteroatoms. The Kier molecular flexibility index (Phi) is 2.92. The summed E-state index contributed by atoms with van der Waals surface area (Å²) in [5.74, 6) is 0.796. The number of halogens is 1. The summed E-state index contributed by atoms with van der Waals surface area (Å²) in [5.41, 5.74) is 2.70. The van der Waals surface area contributed by atoms with Gasteiger partial charge in [0.25, 0.3) is 0 Å². The average Bonchev–Trinajstić information content (AvgIpc) is 2.36. The maximum absolute atomic E-state index is 11.5. The number of carboxylic acids is 1. The van der Waals surface area contributed by atoms with Gasteiger partial charge in [-0.3, -0.25) is 4.98 Å². The van der Waals surface area contributed by atoms with Gasteiger partial charge in [-0.2, -0.15) is 11.8 Å². The van der Waals surface area contributed by atoms with Crippen LogP contribution >= 0.6 is 23.4 Å². The monoisotopic (exact) mass is 279 g/mol. The molecule has 0 saturated carbocycles. The van der Waals surface area contributed by atoms with Gasteiger partial charge >= 0.3 is 5.97 Å². The smallest absolute Gasteiger partial charge is 0.336 e. The number of benzene rings is 1. The van der Waals surface area contributed by atoms with Gasteiger partial charge in [0.15, 0.2) is 0 Å². The largest absolute Gasteiger partial charge is 0.478 e. The maximum atomic E-state index is 11.5. The number of fused-ring (bicyclic) bond motifs is 2. The van der Waals surface area contributed by atoms with E-state index in [1.807, 2.05) is 0 Å². The van der Waals surface area contributed by atoms with Crippen LogP contribution in [0.15, 0.2) is 18.2 Å². The van der Waals surface area contributed by atoms with Crippen LogP contribution < -0.4 is 0 Å². The van der Waals surface area contributed by atoms with Crippen molar-refractivity contribution in [2.24, 2.45) is 0 Å². The van der Waals surface area contributed by atoms with Crippen molar-refractivity contribution in [1.29, 1.82) is 0 Å². The van der Waals surface area contributed by atoms with Crippen LogP contribution in [0.1, 0.15) is 21.6 Å². The van der Waals surface area contributed by atoms with E-state index in [1.165, 1.54) is 0 Å². The van der Waals surface area contributed by atoms with Crippen LogP contribution in [0, 0.1) is 0 Å². The maximum Gasteiger partial charge on any atom is 0.336 e. The lowest BCUT2D eigenvalue weighted by Gasteiger charge is -2.18. The average molecular weight is 280 g/mol. The summed E-state index contributed by atoms with van der Waals surface area (Å²) in [7, 11) is 0. The van der Waals surface area contributed by atoms with Crippen LogP contribution in [0.3, 0.4) is 0 Å². The van der Waals surface area contributed by atoms with Crippen LogP contribution in [0.5, 0.6) is 0 Å². The van der Waals surface area contributed by atoms with Crippen molar-refractivity contribution in [3.63, 3.8) is 0 Å². The number of nitrogens with zero attached hydrogens (tertiary/aromatic N) is 1. The summed E-state index contributed by atoms with van der Waals surface area (Å²) < 4.78 is 0. The van der Waals surface area contributed by atoms with Crippen molar-refractivity contribution in [1.82, 2.24) is 4.98 Å². The van der Waals surface area contributed by atoms with E-state index in [1.54, 1.807) is 30.0 Å². The van der Waals surface area contributed by atoms with Gasteiger partial charge in [-0.15, -0.1) is 0 Å². The summed E-state index contributed by atoms with van der Waals surface area (Å²) in [5, 5.41) is 10.6. The van der Waals surface area contributed by atoms with Crippen LogP contribution in [0.4, 0.5) is 0 Å². The Morgan fingerprint density at radius 2 is 2.28 bits per heavy atom. The van der Waals surface area contributed by atoms with Gasteiger partial charge in [0.05, 0.1) is 16.1 Å². The van der Waals surface area contributed by atoms with Gasteiger partial charge in [-0.25, -0.2) is 4.79 Å². The van der Waals surface area contributed by atoms with Gasteiger partial charge in [-0.05, 0) is 23.8 Å². The van der Waals surface area contributed by atoms with E-state index in [-0.39, 0.29) is 0 Å². The first-order chi connectivity index (χ1) is 8.68. The predicted octanol–water partition coefficient (Wildman–Crippen LogP) is 3.38. The quantitative estimate of drug-likeness (QED) is 0.869. The highest BCUT2D eigenvalue weighted by Crippen LogP contribution is 2.33. The summed E-state index contributed by atoms with van der Waals surface area (Å²) >= 11 is 7.86. The first-order valence-electron chi connectivity index (χ1n) is 5.59. The van der Waals surface area contributed by atoms with Crippen molar-refractivity contribution in [2.75, 3.05) is 5.75 Å². The van der Waals surface area contributed by atoms with Crippen LogP contribution in [-0.2, 0) is 12.2 Å². The minimum Gasteiger partial charge on any atom is -0.478 e. The van der Waals surface area contributed by atoms with E-state index < -0.39 is 5.97 Å². The number of aromatic nitrogens is 1. The van der Waals surface area contributed by atoms with E-state index in [4.69, 9.17) is 11.6 Å². The molecule has 0 aliphatic carbocycles. The van der Waals surface area contributed by atoms with Crippen LogP contribution in [-0.4, -0.2) is 21.8 Å². The summed E-state index contributed by atoms with van der Waals surface area (Å²) in [4.78, 5) is 16.1. The lowest BCUT2D eigenvalue weighted by molar-refractivity contribution is 0.0698. The van der Waals surface area contributed by atoms with Gasteiger partial charge in [0.2, 0.25) is 0 Å². The second-order valence-electron chi connectivity index (χ2n) is 4.16. The number of thioether (sulfide) groups is 1. The molecule has 3 rings (SSSR count). The molecule has 2 heterocycles. The Hall–Kier alpha value is -1.26. The molecule has 3 nitrogen and oxygen atoms in total. The van der Waals surface area contributed by atoms with Gasteiger partial charge in [0.1, 0.15) is 0 Å². The Morgan fingerprint density at radius 1 is 1.44 bits per heavy atom. The molecule has 0 amide bonds. The molecule has 0 bridgehead atoms. The topological polar surface area (TPSA) is 50.2 Å². The third-order valence-electron chi connectivity index (χ3n) is 3.10. The first-order valence-corrected chi connectivity index (χ1v) is 7.13. The standard InChI is InChI=1S/C13H10ClNO2S/c14-9-3-1-2-7-11(13(16)17)8-6-18-5-4-10(8)15-12(7)9/h1-3H,4-6H2,(H,16,17). The minimum absolute atomic E-state index is 0.365. The van der Waals surface area contributed by atoms with Crippen molar-refractivity contribution >= 4 is 40.2 Å². The number of carboxylic acid groups (broad SMARTS) is 1. The first kappa shape index (κ1) is 11.8. The molecule has 1 N–H and O–H groups in total. The van der Waals surface area contributed by atoms with Gasteiger partial charge < -0.3 is 5.11 Å². The molecule has 0 saturated heterocycles. The summed E-state index contributed by atoms with van der Waals surface area (Å²) in [6, 6.07) is 5.28. The van der Waals surface area contributed by atoms with E-state index in [0.717, 1.165) is 23.4 Å². The molecular formula is C13H10ClNO2S. The molecule has 0 unspecified atom stereocenters. The zero-order valence-corrected chi connectivity index (χ0v) is 11.0. The third kappa shape index (κ3) is 1.76. The molecule has 1 aliphatic rings.